The Bertz CT molecular complexity index is 1150. The molecule has 0 saturated carbocycles. The van der Waals surface area contributed by atoms with Crippen LogP contribution in [-0.4, -0.2) is 7.11 Å². The molecule has 0 radical (unpaired) electrons. The highest BCUT2D eigenvalue weighted by molar-refractivity contribution is 5.88. The minimum Gasteiger partial charge on any atom is -0.496 e. The monoisotopic (exact) mass is 328 g/mol. The van der Waals surface area contributed by atoms with Gasteiger partial charge >= 0.3 is 5.63 Å². The van der Waals surface area contributed by atoms with Gasteiger partial charge in [0.1, 0.15) is 11.3 Å². The van der Waals surface area contributed by atoms with E-state index >= 15 is 0 Å². The molecule has 0 N–H and O–H groups in total. The zero-order chi connectivity index (χ0) is 17.2. The van der Waals surface area contributed by atoms with E-state index in [4.69, 9.17) is 9.15 Å². The third-order valence-corrected chi connectivity index (χ3v) is 4.19. The fourth-order valence-corrected chi connectivity index (χ4v) is 2.93. The van der Waals surface area contributed by atoms with Crippen LogP contribution in [0.2, 0.25) is 0 Å². The molecule has 25 heavy (non-hydrogen) atoms. The Kier molecular flexibility index (Phi) is 3.82. The molecule has 0 aliphatic heterocycles. The Morgan fingerprint density at radius 3 is 2.36 bits per heavy atom. The predicted molar refractivity (Wildman–Crippen MR) is 102 cm³/mol. The van der Waals surface area contributed by atoms with Crippen molar-refractivity contribution < 1.29 is 9.15 Å². The Morgan fingerprint density at radius 1 is 0.840 bits per heavy atom. The van der Waals surface area contributed by atoms with Gasteiger partial charge in [-0.25, -0.2) is 4.79 Å². The molecule has 4 rings (SSSR count). The van der Waals surface area contributed by atoms with E-state index in [0.29, 0.717) is 11.3 Å². The summed E-state index contributed by atoms with van der Waals surface area (Å²) < 4.78 is 10.5. The Hall–Kier alpha value is -3.33. The number of rotatable bonds is 3. The molecule has 0 amide bonds. The van der Waals surface area contributed by atoms with Crippen LogP contribution < -0.4 is 10.4 Å². The summed E-state index contributed by atoms with van der Waals surface area (Å²) in [6, 6.07) is 21.7. The lowest BCUT2D eigenvalue weighted by Gasteiger charge is -2.04. The van der Waals surface area contributed by atoms with E-state index in [0.717, 1.165) is 16.5 Å². The highest BCUT2D eigenvalue weighted by Gasteiger charge is 2.06. The number of methoxy groups -OCH3 is 1. The van der Waals surface area contributed by atoms with Gasteiger partial charge in [-0.3, -0.25) is 0 Å². The average Bonchev–Trinajstić information content (AvgIpc) is 2.65. The van der Waals surface area contributed by atoms with Crippen LogP contribution in [0.4, 0.5) is 0 Å². The van der Waals surface area contributed by atoms with Gasteiger partial charge in [-0.05, 0) is 40.1 Å². The summed E-state index contributed by atoms with van der Waals surface area (Å²) in [5, 5.41) is 3.22. The molecule has 3 nitrogen and oxygen atoms in total. The van der Waals surface area contributed by atoms with Gasteiger partial charge in [0, 0.05) is 0 Å². The van der Waals surface area contributed by atoms with Crippen LogP contribution in [0.15, 0.2) is 75.9 Å². The third-order valence-electron chi connectivity index (χ3n) is 4.19. The molecule has 0 atom stereocenters. The molecule has 0 aliphatic rings. The first-order valence-electron chi connectivity index (χ1n) is 8.02. The van der Waals surface area contributed by atoms with Gasteiger partial charge in [-0.2, -0.15) is 0 Å². The lowest BCUT2D eigenvalue weighted by molar-refractivity contribution is 0.413. The molecular formula is C22H16O3. The summed E-state index contributed by atoms with van der Waals surface area (Å²) in [5.74, 6) is 0.521. The number of fused-ring (bicyclic) bond motifs is 2. The molecule has 4 aromatic rings. The minimum absolute atomic E-state index is 0.413. The SMILES string of the molecule is COc1cc(=O)oc2ccc(/C=C\c3ccc4ccccc4c3)cc12. The summed E-state index contributed by atoms with van der Waals surface area (Å²) >= 11 is 0. The maximum atomic E-state index is 11.5. The number of hydrogen-bond donors (Lipinski definition) is 0. The standard InChI is InChI=1S/C22H16O3/c1-24-21-14-22(23)25-20-11-9-16(13-19(20)21)7-6-15-8-10-17-4-2-3-5-18(17)12-15/h2-14H,1H3/b7-6-. The van der Waals surface area contributed by atoms with E-state index in [2.05, 4.69) is 36.4 Å². The summed E-state index contributed by atoms with van der Waals surface area (Å²) in [7, 11) is 1.55. The lowest BCUT2D eigenvalue weighted by atomic mass is 10.1. The fraction of sp³-hybridized carbons (Fsp3) is 0.0455. The largest absolute Gasteiger partial charge is 0.496 e. The Labute approximate surface area is 144 Å². The van der Waals surface area contributed by atoms with Gasteiger partial charge in [0.25, 0.3) is 0 Å². The highest BCUT2D eigenvalue weighted by atomic mass is 16.5. The number of hydrogen-bond acceptors (Lipinski definition) is 3. The second kappa shape index (κ2) is 6.29. The van der Waals surface area contributed by atoms with Crippen molar-refractivity contribution in [1.29, 1.82) is 0 Å². The van der Waals surface area contributed by atoms with Gasteiger partial charge in [-0.15, -0.1) is 0 Å². The quantitative estimate of drug-likeness (QED) is 0.387. The molecule has 0 spiro atoms. The van der Waals surface area contributed by atoms with E-state index < -0.39 is 5.63 Å². The molecule has 1 heterocycles. The topological polar surface area (TPSA) is 39.4 Å². The summed E-state index contributed by atoms with van der Waals surface area (Å²) in [6.45, 7) is 0. The van der Waals surface area contributed by atoms with Crippen LogP contribution in [0.25, 0.3) is 33.9 Å². The van der Waals surface area contributed by atoms with Gasteiger partial charge < -0.3 is 9.15 Å². The second-order valence-corrected chi connectivity index (χ2v) is 5.83. The number of ether oxygens (including phenoxy) is 1. The van der Waals surface area contributed by atoms with Crippen LogP contribution in [0.3, 0.4) is 0 Å². The van der Waals surface area contributed by atoms with Gasteiger partial charge in [-0.1, -0.05) is 54.6 Å². The molecule has 0 unspecified atom stereocenters. The van der Waals surface area contributed by atoms with Crippen molar-refractivity contribution in [2.45, 2.75) is 0 Å². The second-order valence-electron chi connectivity index (χ2n) is 5.83. The Morgan fingerprint density at radius 2 is 1.56 bits per heavy atom. The molecule has 0 aliphatic carbocycles. The minimum atomic E-state index is -0.413. The smallest absolute Gasteiger partial charge is 0.339 e. The van der Waals surface area contributed by atoms with E-state index in [1.165, 1.54) is 16.8 Å². The fourth-order valence-electron chi connectivity index (χ4n) is 2.93. The normalized spacial score (nSPS) is 11.4. The molecule has 0 fully saturated rings. The van der Waals surface area contributed by atoms with Gasteiger partial charge in [0.15, 0.2) is 0 Å². The maximum absolute atomic E-state index is 11.5. The van der Waals surface area contributed by atoms with Crippen molar-refractivity contribution in [3.8, 4) is 5.75 Å². The van der Waals surface area contributed by atoms with Crippen molar-refractivity contribution in [3.63, 3.8) is 0 Å². The summed E-state index contributed by atoms with van der Waals surface area (Å²) in [4.78, 5) is 11.5. The van der Waals surface area contributed by atoms with Crippen molar-refractivity contribution in [2.24, 2.45) is 0 Å². The van der Waals surface area contributed by atoms with Crippen LogP contribution in [0.1, 0.15) is 11.1 Å². The first-order valence-corrected chi connectivity index (χ1v) is 8.02. The van der Waals surface area contributed by atoms with Crippen LogP contribution in [0.5, 0.6) is 5.75 Å². The maximum Gasteiger partial charge on any atom is 0.339 e. The lowest BCUT2D eigenvalue weighted by Crippen LogP contribution is -1.98. The molecule has 0 saturated heterocycles. The van der Waals surface area contributed by atoms with E-state index in [1.807, 2.05) is 30.3 Å². The highest BCUT2D eigenvalue weighted by Crippen LogP contribution is 2.25. The predicted octanol–water partition coefficient (Wildman–Crippen LogP) is 5.13. The number of benzene rings is 3. The van der Waals surface area contributed by atoms with Crippen molar-refractivity contribution >= 4 is 33.9 Å². The van der Waals surface area contributed by atoms with E-state index in [9.17, 15) is 4.79 Å². The Balaban J connectivity index is 1.72. The summed E-state index contributed by atoms with van der Waals surface area (Å²) in [6.07, 6.45) is 4.10. The van der Waals surface area contributed by atoms with E-state index in [-0.39, 0.29) is 0 Å². The van der Waals surface area contributed by atoms with Crippen LogP contribution >= 0.6 is 0 Å². The van der Waals surface area contributed by atoms with Crippen molar-refractivity contribution in [2.75, 3.05) is 7.11 Å². The van der Waals surface area contributed by atoms with Crippen LogP contribution in [-0.2, 0) is 0 Å². The molecule has 1 aromatic heterocycles. The van der Waals surface area contributed by atoms with Crippen LogP contribution in [0, 0.1) is 0 Å². The molecular weight excluding hydrogens is 312 g/mol. The molecule has 3 aromatic carbocycles. The van der Waals surface area contributed by atoms with E-state index in [1.54, 1.807) is 13.2 Å². The summed E-state index contributed by atoms with van der Waals surface area (Å²) in [5.41, 5.74) is 2.24. The van der Waals surface area contributed by atoms with Crippen molar-refractivity contribution in [3.05, 3.63) is 88.3 Å². The third kappa shape index (κ3) is 3.04. The van der Waals surface area contributed by atoms with Gasteiger partial charge in [0.2, 0.25) is 0 Å². The zero-order valence-electron chi connectivity index (χ0n) is 13.7. The molecule has 0 bridgehead atoms. The molecule has 3 heteroatoms. The van der Waals surface area contributed by atoms with Gasteiger partial charge in [0.05, 0.1) is 18.6 Å². The first kappa shape index (κ1) is 15.2. The van der Waals surface area contributed by atoms with Crippen molar-refractivity contribution in [1.82, 2.24) is 0 Å². The zero-order valence-corrected chi connectivity index (χ0v) is 13.7. The average molecular weight is 328 g/mol. The first-order chi connectivity index (χ1) is 12.2. The molecule has 122 valence electrons.